The summed E-state index contributed by atoms with van der Waals surface area (Å²) in [6.07, 6.45) is 0.776. The molecule has 146 valence electrons. The number of oxazole rings is 1. The lowest BCUT2D eigenvalue weighted by Gasteiger charge is -2.27. The van der Waals surface area contributed by atoms with Crippen molar-refractivity contribution in [2.45, 2.75) is 19.4 Å². The van der Waals surface area contributed by atoms with Crippen molar-refractivity contribution in [1.82, 2.24) is 20.1 Å². The molecule has 0 unspecified atom stereocenters. The monoisotopic (exact) mass is 377 g/mol. The van der Waals surface area contributed by atoms with Crippen molar-refractivity contribution in [1.29, 1.82) is 0 Å². The molecule has 0 spiro atoms. The third kappa shape index (κ3) is 4.92. The molecule has 3 rings (SSSR count). The zero-order valence-corrected chi connectivity index (χ0v) is 15.0. The van der Waals surface area contributed by atoms with E-state index < -0.39 is 10.7 Å². The SMILES string of the molecule is O=C(CCCn1c(=O)oc2cc([N+](=O)[O-])ccc21)NCCN1CCNCC1. The van der Waals surface area contributed by atoms with Gasteiger partial charge in [0.05, 0.1) is 16.5 Å². The lowest BCUT2D eigenvalue weighted by atomic mass is 10.2. The molecule has 1 aromatic carbocycles. The second kappa shape index (κ2) is 8.78. The van der Waals surface area contributed by atoms with Gasteiger partial charge in [-0.2, -0.15) is 0 Å². The third-order valence-electron chi connectivity index (χ3n) is 4.61. The second-order valence-corrected chi connectivity index (χ2v) is 6.47. The van der Waals surface area contributed by atoms with E-state index in [1.54, 1.807) is 0 Å². The second-order valence-electron chi connectivity index (χ2n) is 6.47. The number of aryl methyl sites for hydroxylation is 1. The number of hydrogen-bond donors (Lipinski definition) is 2. The number of nitro groups is 1. The van der Waals surface area contributed by atoms with Crippen LogP contribution in [0.2, 0.25) is 0 Å². The fourth-order valence-corrected chi connectivity index (χ4v) is 3.15. The Morgan fingerprint density at radius 3 is 2.81 bits per heavy atom. The fraction of sp³-hybridized carbons (Fsp3) is 0.529. The van der Waals surface area contributed by atoms with Gasteiger partial charge >= 0.3 is 5.76 Å². The Morgan fingerprint density at radius 2 is 2.07 bits per heavy atom. The number of amides is 1. The van der Waals surface area contributed by atoms with Crippen molar-refractivity contribution >= 4 is 22.7 Å². The summed E-state index contributed by atoms with van der Waals surface area (Å²) in [5, 5.41) is 17.0. The molecule has 0 atom stereocenters. The summed E-state index contributed by atoms with van der Waals surface area (Å²) < 4.78 is 6.47. The van der Waals surface area contributed by atoms with Crippen LogP contribution >= 0.6 is 0 Å². The lowest BCUT2D eigenvalue weighted by molar-refractivity contribution is -0.384. The Morgan fingerprint density at radius 1 is 1.30 bits per heavy atom. The van der Waals surface area contributed by atoms with Gasteiger partial charge in [-0.15, -0.1) is 0 Å². The molecule has 0 aliphatic carbocycles. The first kappa shape index (κ1) is 19.1. The van der Waals surface area contributed by atoms with E-state index in [9.17, 15) is 19.7 Å². The van der Waals surface area contributed by atoms with Gasteiger partial charge in [0.25, 0.3) is 5.69 Å². The number of aromatic nitrogens is 1. The smallest absolute Gasteiger partial charge is 0.407 e. The van der Waals surface area contributed by atoms with Gasteiger partial charge in [-0.05, 0) is 12.5 Å². The van der Waals surface area contributed by atoms with Gasteiger partial charge in [-0.1, -0.05) is 0 Å². The molecule has 1 fully saturated rings. The van der Waals surface area contributed by atoms with Gasteiger partial charge in [0.1, 0.15) is 0 Å². The van der Waals surface area contributed by atoms with Crippen LogP contribution in [0.25, 0.3) is 11.1 Å². The Labute approximate surface area is 155 Å². The summed E-state index contributed by atoms with van der Waals surface area (Å²) in [5.41, 5.74) is 0.534. The van der Waals surface area contributed by atoms with Gasteiger partial charge < -0.3 is 15.1 Å². The van der Waals surface area contributed by atoms with Crippen LogP contribution in [0, 0.1) is 10.1 Å². The van der Waals surface area contributed by atoms with Gasteiger partial charge in [0.15, 0.2) is 5.58 Å². The summed E-state index contributed by atoms with van der Waals surface area (Å²) in [6, 6.07) is 4.05. The minimum Gasteiger partial charge on any atom is -0.407 e. The number of nitro benzene ring substituents is 1. The van der Waals surface area contributed by atoms with Crippen LogP contribution in [0.5, 0.6) is 0 Å². The summed E-state index contributed by atoms with van der Waals surface area (Å²) >= 11 is 0. The Hall–Kier alpha value is -2.72. The van der Waals surface area contributed by atoms with Gasteiger partial charge in [-0.3, -0.25) is 24.4 Å². The number of nitrogens with zero attached hydrogens (tertiary/aromatic N) is 3. The van der Waals surface area contributed by atoms with E-state index in [-0.39, 0.29) is 17.2 Å². The average molecular weight is 377 g/mol. The highest BCUT2D eigenvalue weighted by Gasteiger charge is 2.14. The molecule has 2 heterocycles. The molecule has 1 aliphatic heterocycles. The van der Waals surface area contributed by atoms with Crippen LogP contribution in [-0.4, -0.2) is 59.6 Å². The maximum atomic E-state index is 12.0. The Bertz CT molecular complexity index is 868. The zero-order valence-electron chi connectivity index (χ0n) is 15.0. The standard InChI is InChI=1S/C17H23N5O5/c23-16(19-7-11-20-9-5-18-6-10-20)2-1-8-21-14-4-3-13(22(25)26)12-15(14)27-17(21)24/h3-4,12,18H,1-2,5-11H2,(H,19,23). The van der Waals surface area contributed by atoms with E-state index in [4.69, 9.17) is 4.42 Å². The first-order valence-corrected chi connectivity index (χ1v) is 9.02. The van der Waals surface area contributed by atoms with E-state index in [0.29, 0.717) is 31.4 Å². The predicted octanol–water partition coefficient (Wildman–Crippen LogP) is 0.304. The first-order chi connectivity index (χ1) is 13.0. The average Bonchev–Trinajstić information content (AvgIpc) is 2.97. The predicted molar refractivity (Wildman–Crippen MR) is 98.7 cm³/mol. The van der Waals surface area contributed by atoms with Crippen LogP contribution in [-0.2, 0) is 11.3 Å². The number of fused-ring (bicyclic) bond motifs is 1. The van der Waals surface area contributed by atoms with E-state index in [2.05, 4.69) is 15.5 Å². The van der Waals surface area contributed by atoms with E-state index >= 15 is 0 Å². The number of carbonyl (C=O) groups excluding carboxylic acids is 1. The minimum atomic E-state index is -0.579. The van der Waals surface area contributed by atoms with Gasteiger partial charge in [0, 0.05) is 58.3 Å². The zero-order chi connectivity index (χ0) is 19.2. The number of hydrogen-bond acceptors (Lipinski definition) is 7. The van der Waals surface area contributed by atoms with Crippen molar-refractivity contribution in [2.24, 2.45) is 0 Å². The molecule has 1 amide bonds. The molecule has 10 nitrogen and oxygen atoms in total. The van der Waals surface area contributed by atoms with Crippen LogP contribution in [0.15, 0.2) is 27.4 Å². The van der Waals surface area contributed by atoms with Crippen molar-refractivity contribution in [2.75, 3.05) is 39.3 Å². The Kier molecular flexibility index (Phi) is 6.20. The molecule has 1 aromatic heterocycles. The molecular formula is C17H23N5O5. The molecule has 2 N–H and O–H groups in total. The van der Waals surface area contributed by atoms with Crippen LogP contribution in [0.4, 0.5) is 5.69 Å². The van der Waals surface area contributed by atoms with Crippen LogP contribution in [0.1, 0.15) is 12.8 Å². The molecule has 0 saturated carbocycles. The fourth-order valence-electron chi connectivity index (χ4n) is 3.15. The highest BCUT2D eigenvalue weighted by molar-refractivity contribution is 5.76. The topological polar surface area (TPSA) is 123 Å². The highest BCUT2D eigenvalue weighted by Crippen LogP contribution is 2.20. The number of non-ortho nitro benzene ring substituents is 1. The first-order valence-electron chi connectivity index (χ1n) is 9.02. The molecule has 10 heteroatoms. The normalized spacial score (nSPS) is 15.1. The maximum absolute atomic E-state index is 12.0. The van der Waals surface area contributed by atoms with Crippen molar-refractivity contribution in [3.8, 4) is 0 Å². The number of carbonyl (C=O) groups is 1. The molecular weight excluding hydrogens is 354 g/mol. The molecule has 1 saturated heterocycles. The number of piperazine rings is 1. The summed E-state index contributed by atoms with van der Waals surface area (Å²) in [7, 11) is 0. The molecule has 2 aromatic rings. The number of benzene rings is 1. The minimum absolute atomic E-state index is 0.0541. The third-order valence-corrected chi connectivity index (χ3v) is 4.61. The van der Waals surface area contributed by atoms with Gasteiger partial charge in [-0.25, -0.2) is 4.79 Å². The summed E-state index contributed by atoms with van der Waals surface area (Å²) in [6.45, 7) is 5.69. The van der Waals surface area contributed by atoms with Crippen LogP contribution in [0.3, 0.4) is 0 Å². The number of rotatable bonds is 8. The molecule has 27 heavy (non-hydrogen) atoms. The summed E-state index contributed by atoms with van der Waals surface area (Å²) in [5.74, 6) is -0.633. The Balaban J connectivity index is 1.47. The molecule has 0 radical (unpaired) electrons. The molecule has 0 bridgehead atoms. The van der Waals surface area contributed by atoms with Gasteiger partial charge in [0.2, 0.25) is 5.91 Å². The highest BCUT2D eigenvalue weighted by atomic mass is 16.6. The van der Waals surface area contributed by atoms with Crippen LogP contribution < -0.4 is 16.4 Å². The van der Waals surface area contributed by atoms with E-state index in [1.807, 2.05) is 0 Å². The quantitative estimate of drug-likeness (QED) is 0.501. The van der Waals surface area contributed by atoms with E-state index in [0.717, 1.165) is 32.7 Å². The van der Waals surface area contributed by atoms with Crippen molar-refractivity contribution in [3.63, 3.8) is 0 Å². The number of nitrogens with one attached hydrogen (secondary N) is 2. The largest absolute Gasteiger partial charge is 0.419 e. The lowest BCUT2D eigenvalue weighted by Crippen LogP contribution is -2.46. The summed E-state index contributed by atoms with van der Waals surface area (Å²) in [4.78, 5) is 36.5. The van der Waals surface area contributed by atoms with Crippen molar-refractivity contribution in [3.05, 3.63) is 38.9 Å². The van der Waals surface area contributed by atoms with E-state index in [1.165, 1.54) is 22.8 Å². The maximum Gasteiger partial charge on any atom is 0.419 e. The molecule has 1 aliphatic rings. The van der Waals surface area contributed by atoms with Crippen molar-refractivity contribution < 1.29 is 14.1 Å².